The van der Waals surface area contributed by atoms with Crippen molar-refractivity contribution in [2.45, 2.75) is 180 Å². The molecule has 47 heavy (non-hydrogen) atoms. The zero-order chi connectivity index (χ0) is 34.5. The maximum absolute atomic E-state index is 11.9. The Bertz CT molecular complexity index is 856. The van der Waals surface area contributed by atoms with Gasteiger partial charge in [0, 0.05) is 19.3 Å². The third-order valence-electron chi connectivity index (χ3n) is 8.04. The lowest BCUT2D eigenvalue weighted by Crippen LogP contribution is -2.25. The van der Waals surface area contributed by atoms with E-state index in [4.69, 9.17) is 9.47 Å². The Hall–Kier alpha value is -2.47. The molecule has 0 unspecified atom stereocenters. The summed E-state index contributed by atoms with van der Waals surface area (Å²) in [5.41, 5.74) is 0. The maximum atomic E-state index is 11.9. The summed E-state index contributed by atoms with van der Waals surface area (Å²) in [6.07, 6.45) is 41.5. The normalized spacial score (nSPS) is 12.6. The molecule has 0 spiro atoms. The van der Waals surface area contributed by atoms with Gasteiger partial charge in [0.2, 0.25) is 0 Å². The molecule has 0 heterocycles. The Morgan fingerprint density at radius 3 is 1.49 bits per heavy atom. The average Bonchev–Trinajstić information content (AvgIpc) is 3.06. The zero-order valence-corrected chi connectivity index (χ0v) is 30.3. The lowest BCUT2D eigenvalue weighted by atomic mass is 10.0. The number of unbranched alkanes of at least 4 members (excludes halogenated alkanes) is 17. The molecule has 0 aliphatic rings. The molecule has 0 saturated heterocycles. The van der Waals surface area contributed by atoms with Crippen molar-refractivity contribution in [3.63, 3.8) is 0 Å². The monoisotopic (exact) mass is 659 g/mol. The van der Waals surface area contributed by atoms with Crippen LogP contribution in [0.15, 0.2) is 48.6 Å². The molecule has 6 heteroatoms. The number of ketones is 1. The zero-order valence-electron chi connectivity index (χ0n) is 30.3. The standard InChI is InChI=1S/C41H70O6/c1-3-5-7-8-9-10-11-12-13-14-17-20-23-26-30-34-40(44)46-36-39(43)37-47-41(45)35-31-27-24-21-18-15-16-19-22-25-29-33-38(42)32-28-6-4-2/h15-16,21-22,24-25,29,33,39,43H,3-14,17-20,23,26-28,30-32,34-37H2,1-2H3/b16-15-,24-21-,25-22-,33-29+/t39-/m0/s1. The third-order valence-corrected chi connectivity index (χ3v) is 8.04. The molecule has 0 saturated carbocycles. The van der Waals surface area contributed by atoms with Gasteiger partial charge in [-0.05, 0) is 44.6 Å². The Morgan fingerprint density at radius 2 is 0.936 bits per heavy atom. The van der Waals surface area contributed by atoms with E-state index in [-0.39, 0.29) is 37.4 Å². The summed E-state index contributed by atoms with van der Waals surface area (Å²) in [7, 11) is 0. The van der Waals surface area contributed by atoms with Crippen molar-refractivity contribution >= 4 is 17.7 Å². The molecule has 6 nitrogen and oxygen atoms in total. The molecule has 0 aromatic heterocycles. The van der Waals surface area contributed by atoms with Crippen molar-refractivity contribution in [1.82, 2.24) is 0 Å². The number of aliphatic hydroxyl groups is 1. The molecular weight excluding hydrogens is 588 g/mol. The van der Waals surface area contributed by atoms with Crippen molar-refractivity contribution in [1.29, 1.82) is 0 Å². The predicted molar refractivity (Wildman–Crippen MR) is 196 cm³/mol. The molecule has 0 aliphatic heterocycles. The molecule has 0 aromatic rings. The van der Waals surface area contributed by atoms with E-state index in [1.54, 1.807) is 6.08 Å². The van der Waals surface area contributed by atoms with E-state index in [1.165, 1.54) is 77.0 Å². The van der Waals surface area contributed by atoms with Crippen LogP contribution in [-0.2, 0) is 23.9 Å². The summed E-state index contributed by atoms with van der Waals surface area (Å²) < 4.78 is 10.3. The molecule has 0 radical (unpaired) electrons. The van der Waals surface area contributed by atoms with Gasteiger partial charge >= 0.3 is 11.9 Å². The van der Waals surface area contributed by atoms with Gasteiger partial charge in [-0.15, -0.1) is 0 Å². The topological polar surface area (TPSA) is 89.9 Å². The largest absolute Gasteiger partial charge is 0.463 e. The summed E-state index contributed by atoms with van der Waals surface area (Å²) in [6.45, 7) is 4.09. The molecule has 0 aromatic carbocycles. The highest BCUT2D eigenvalue weighted by atomic mass is 16.6. The summed E-state index contributed by atoms with van der Waals surface area (Å²) in [6, 6.07) is 0. The van der Waals surface area contributed by atoms with E-state index in [9.17, 15) is 19.5 Å². The van der Waals surface area contributed by atoms with Crippen LogP contribution in [0.5, 0.6) is 0 Å². The van der Waals surface area contributed by atoms with Crippen molar-refractivity contribution in [2.75, 3.05) is 13.2 Å². The van der Waals surface area contributed by atoms with Crippen LogP contribution in [0.25, 0.3) is 0 Å². The number of carbonyl (C=O) groups excluding carboxylic acids is 3. The molecule has 1 atom stereocenters. The predicted octanol–water partition coefficient (Wildman–Crippen LogP) is 11.0. The number of hydrogen-bond acceptors (Lipinski definition) is 6. The minimum atomic E-state index is -1.00. The maximum Gasteiger partial charge on any atom is 0.305 e. The minimum Gasteiger partial charge on any atom is -0.463 e. The summed E-state index contributed by atoms with van der Waals surface area (Å²) >= 11 is 0. The SMILES string of the molecule is CCCCCCCCCCCCCCCCCC(=O)OC[C@H](O)COC(=O)CCC/C=C\C/C=C\C/C=C\C=C\C(=O)CCCCC. The van der Waals surface area contributed by atoms with E-state index in [0.717, 1.165) is 57.8 Å². The number of ether oxygens (including phenoxy) is 2. The molecule has 270 valence electrons. The van der Waals surface area contributed by atoms with Crippen LogP contribution in [0.1, 0.15) is 174 Å². The van der Waals surface area contributed by atoms with E-state index in [1.807, 2.05) is 24.3 Å². The molecule has 0 bridgehead atoms. The highest BCUT2D eigenvalue weighted by Crippen LogP contribution is 2.14. The Balaban J connectivity index is 3.58. The highest BCUT2D eigenvalue weighted by Gasteiger charge is 2.12. The fourth-order valence-electron chi connectivity index (χ4n) is 5.09. The minimum absolute atomic E-state index is 0.146. The van der Waals surface area contributed by atoms with Crippen LogP contribution in [0, 0.1) is 0 Å². The van der Waals surface area contributed by atoms with E-state index in [0.29, 0.717) is 19.3 Å². The van der Waals surface area contributed by atoms with Crippen LogP contribution >= 0.6 is 0 Å². The van der Waals surface area contributed by atoms with Gasteiger partial charge < -0.3 is 14.6 Å². The Kier molecular flexibility index (Phi) is 34.5. The van der Waals surface area contributed by atoms with E-state index >= 15 is 0 Å². The second kappa shape index (κ2) is 36.4. The van der Waals surface area contributed by atoms with Gasteiger partial charge in [0.05, 0.1) is 0 Å². The van der Waals surface area contributed by atoms with Gasteiger partial charge in [-0.2, -0.15) is 0 Å². The van der Waals surface area contributed by atoms with Crippen LogP contribution in [0.3, 0.4) is 0 Å². The Morgan fingerprint density at radius 1 is 0.511 bits per heavy atom. The molecule has 1 N–H and O–H groups in total. The smallest absolute Gasteiger partial charge is 0.305 e. The number of esters is 2. The molecule has 0 rings (SSSR count). The molecule has 0 aliphatic carbocycles. The second-order valence-electron chi connectivity index (χ2n) is 12.7. The number of aliphatic hydroxyl groups excluding tert-OH is 1. The quantitative estimate of drug-likeness (QED) is 0.0243. The number of rotatable bonds is 34. The highest BCUT2D eigenvalue weighted by molar-refractivity contribution is 5.89. The number of hydrogen-bond donors (Lipinski definition) is 1. The van der Waals surface area contributed by atoms with Gasteiger partial charge in [0.15, 0.2) is 5.78 Å². The average molecular weight is 659 g/mol. The molecular formula is C41H70O6. The first-order valence-corrected chi connectivity index (χ1v) is 19.1. The number of allylic oxidation sites excluding steroid dienone is 8. The van der Waals surface area contributed by atoms with Crippen molar-refractivity contribution in [3.8, 4) is 0 Å². The van der Waals surface area contributed by atoms with E-state index < -0.39 is 6.10 Å². The van der Waals surface area contributed by atoms with Gasteiger partial charge in [-0.25, -0.2) is 0 Å². The molecule has 0 fully saturated rings. The van der Waals surface area contributed by atoms with Gasteiger partial charge in [0.25, 0.3) is 0 Å². The van der Waals surface area contributed by atoms with Gasteiger partial charge in [-0.1, -0.05) is 159 Å². The summed E-state index contributed by atoms with van der Waals surface area (Å²) in [5, 5.41) is 9.99. The first-order chi connectivity index (χ1) is 23.0. The van der Waals surface area contributed by atoms with E-state index in [2.05, 4.69) is 32.1 Å². The van der Waals surface area contributed by atoms with Crippen LogP contribution in [0.2, 0.25) is 0 Å². The fourth-order valence-corrected chi connectivity index (χ4v) is 5.09. The van der Waals surface area contributed by atoms with Crippen LogP contribution in [-0.4, -0.2) is 42.1 Å². The van der Waals surface area contributed by atoms with Gasteiger partial charge in [0.1, 0.15) is 19.3 Å². The van der Waals surface area contributed by atoms with Crippen molar-refractivity contribution in [2.24, 2.45) is 0 Å². The van der Waals surface area contributed by atoms with Crippen molar-refractivity contribution < 1.29 is 29.0 Å². The first-order valence-electron chi connectivity index (χ1n) is 19.1. The Labute approximate surface area is 288 Å². The van der Waals surface area contributed by atoms with Crippen LogP contribution in [0.4, 0.5) is 0 Å². The van der Waals surface area contributed by atoms with Crippen molar-refractivity contribution in [3.05, 3.63) is 48.6 Å². The van der Waals surface area contributed by atoms with Gasteiger partial charge in [-0.3, -0.25) is 14.4 Å². The lowest BCUT2D eigenvalue weighted by molar-refractivity contribution is -0.152. The summed E-state index contributed by atoms with van der Waals surface area (Å²) in [5.74, 6) is -0.473. The third kappa shape index (κ3) is 36.2. The number of carbonyl (C=O) groups is 3. The summed E-state index contributed by atoms with van der Waals surface area (Å²) in [4.78, 5) is 35.5. The second-order valence-corrected chi connectivity index (χ2v) is 12.7. The first kappa shape index (κ1) is 44.5. The van der Waals surface area contributed by atoms with Crippen LogP contribution < -0.4 is 0 Å². The molecule has 0 amide bonds. The lowest BCUT2D eigenvalue weighted by Gasteiger charge is -2.12. The fraction of sp³-hybridized carbons (Fsp3) is 0.732.